The van der Waals surface area contributed by atoms with Gasteiger partial charge in [0.15, 0.2) is 11.6 Å². The van der Waals surface area contributed by atoms with Gasteiger partial charge in [-0.2, -0.15) is 0 Å². The van der Waals surface area contributed by atoms with Crippen LogP contribution in [0.5, 0.6) is 5.75 Å². The standard InChI is InChI=1S/C16H14Cl2FNO3S/c1-3-8-20(15-9-11(17)4-6-13(15)18)24(21,22)12-5-7-16(23-2)14(19)10-12/h3-7,9-10H,1,8H2,2H3. The molecule has 2 rings (SSSR count). The maximum absolute atomic E-state index is 13.9. The Bertz CT molecular complexity index is 872. The first kappa shape index (κ1) is 18.6. The Morgan fingerprint density at radius 1 is 1.25 bits per heavy atom. The van der Waals surface area contributed by atoms with E-state index in [4.69, 9.17) is 27.9 Å². The number of hydrogen-bond acceptors (Lipinski definition) is 3. The summed E-state index contributed by atoms with van der Waals surface area (Å²) in [6, 6.07) is 7.84. The summed E-state index contributed by atoms with van der Waals surface area (Å²) in [5.41, 5.74) is 0.181. The van der Waals surface area contributed by atoms with E-state index in [0.29, 0.717) is 5.02 Å². The highest BCUT2D eigenvalue weighted by atomic mass is 35.5. The molecule has 0 aliphatic carbocycles. The zero-order valence-corrected chi connectivity index (χ0v) is 15.0. The molecule has 0 aliphatic heterocycles. The second kappa shape index (κ2) is 7.42. The van der Waals surface area contributed by atoms with Crippen molar-refractivity contribution < 1.29 is 17.5 Å². The fourth-order valence-electron chi connectivity index (χ4n) is 2.05. The lowest BCUT2D eigenvalue weighted by Gasteiger charge is -2.24. The number of hydrogen-bond donors (Lipinski definition) is 0. The summed E-state index contributed by atoms with van der Waals surface area (Å²) >= 11 is 12.0. The molecule has 0 heterocycles. The van der Waals surface area contributed by atoms with Gasteiger partial charge < -0.3 is 4.74 Å². The normalized spacial score (nSPS) is 11.2. The van der Waals surface area contributed by atoms with Gasteiger partial charge in [0.1, 0.15) is 0 Å². The number of anilines is 1. The van der Waals surface area contributed by atoms with E-state index in [9.17, 15) is 12.8 Å². The van der Waals surface area contributed by atoms with E-state index in [2.05, 4.69) is 6.58 Å². The SMILES string of the molecule is C=CCN(c1cc(Cl)ccc1Cl)S(=O)(=O)c1ccc(OC)c(F)c1. The summed E-state index contributed by atoms with van der Waals surface area (Å²) in [6.07, 6.45) is 1.40. The van der Waals surface area contributed by atoms with Crippen LogP contribution >= 0.6 is 23.2 Å². The highest BCUT2D eigenvalue weighted by Crippen LogP contribution is 2.33. The van der Waals surface area contributed by atoms with E-state index >= 15 is 0 Å². The molecule has 0 unspecified atom stereocenters. The average molecular weight is 390 g/mol. The molecule has 0 amide bonds. The molecule has 0 bridgehead atoms. The number of rotatable bonds is 6. The van der Waals surface area contributed by atoms with Crippen molar-refractivity contribution in [3.8, 4) is 5.75 Å². The predicted octanol–water partition coefficient (Wildman–Crippen LogP) is 4.52. The van der Waals surface area contributed by atoms with Gasteiger partial charge in [-0.25, -0.2) is 12.8 Å². The topological polar surface area (TPSA) is 46.6 Å². The lowest BCUT2D eigenvalue weighted by atomic mass is 10.3. The van der Waals surface area contributed by atoms with Crippen LogP contribution in [0, 0.1) is 5.82 Å². The van der Waals surface area contributed by atoms with Crippen LogP contribution in [0.2, 0.25) is 10.0 Å². The summed E-state index contributed by atoms with van der Waals surface area (Å²) in [7, 11) is -2.79. The Morgan fingerprint density at radius 2 is 1.96 bits per heavy atom. The lowest BCUT2D eigenvalue weighted by Crippen LogP contribution is -2.31. The van der Waals surface area contributed by atoms with Crippen molar-refractivity contribution in [2.75, 3.05) is 18.0 Å². The smallest absolute Gasteiger partial charge is 0.264 e. The zero-order valence-electron chi connectivity index (χ0n) is 12.7. The van der Waals surface area contributed by atoms with Crippen LogP contribution in [0.15, 0.2) is 53.9 Å². The van der Waals surface area contributed by atoms with Crippen LogP contribution in [0.1, 0.15) is 0 Å². The van der Waals surface area contributed by atoms with E-state index < -0.39 is 15.8 Å². The Hall–Kier alpha value is -1.76. The third-order valence-corrected chi connectivity index (χ3v) is 5.51. The van der Waals surface area contributed by atoms with E-state index in [0.717, 1.165) is 10.4 Å². The predicted molar refractivity (Wildman–Crippen MR) is 94.1 cm³/mol. The van der Waals surface area contributed by atoms with Gasteiger partial charge in [0, 0.05) is 5.02 Å². The molecule has 2 aromatic carbocycles. The fourth-order valence-corrected chi connectivity index (χ4v) is 3.95. The van der Waals surface area contributed by atoms with Gasteiger partial charge in [-0.3, -0.25) is 4.31 Å². The van der Waals surface area contributed by atoms with E-state index in [-0.39, 0.29) is 27.9 Å². The summed E-state index contributed by atoms with van der Waals surface area (Å²) in [5.74, 6) is -0.834. The number of benzene rings is 2. The molecule has 0 saturated carbocycles. The first-order chi connectivity index (χ1) is 11.3. The first-order valence-electron chi connectivity index (χ1n) is 6.73. The lowest BCUT2D eigenvalue weighted by molar-refractivity contribution is 0.385. The quantitative estimate of drug-likeness (QED) is 0.682. The van der Waals surface area contributed by atoms with E-state index in [1.807, 2.05) is 0 Å². The summed E-state index contributed by atoms with van der Waals surface area (Å²) < 4.78 is 45.5. The monoisotopic (exact) mass is 389 g/mol. The minimum absolute atomic E-state index is 0.0509. The molecule has 0 radical (unpaired) electrons. The molecule has 4 nitrogen and oxygen atoms in total. The highest BCUT2D eigenvalue weighted by molar-refractivity contribution is 7.92. The second-order valence-electron chi connectivity index (χ2n) is 4.72. The molecule has 0 spiro atoms. The zero-order chi connectivity index (χ0) is 17.9. The molecule has 2 aromatic rings. The molecular weight excluding hydrogens is 376 g/mol. The summed E-state index contributed by atoms with van der Waals surface area (Å²) in [5, 5.41) is 0.512. The van der Waals surface area contributed by atoms with Crippen molar-refractivity contribution in [2.45, 2.75) is 4.90 Å². The van der Waals surface area contributed by atoms with Crippen molar-refractivity contribution in [2.24, 2.45) is 0 Å². The number of ether oxygens (including phenoxy) is 1. The largest absolute Gasteiger partial charge is 0.494 e. The van der Waals surface area contributed by atoms with Crippen molar-refractivity contribution in [1.29, 1.82) is 0 Å². The van der Waals surface area contributed by atoms with Crippen LogP contribution in [0.25, 0.3) is 0 Å². The highest BCUT2D eigenvalue weighted by Gasteiger charge is 2.27. The second-order valence-corrected chi connectivity index (χ2v) is 7.42. The molecule has 0 fully saturated rings. The van der Waals surface area contributed by atoms with E-state index in [1.54, 1.807) is 6.07 Å². The Labute approximate surface area is 150 Å². The minimum atomic E-state index is -4.08. The summed E-state index contributed by atoms with van der Waals surface area (Å²) in [6.45, 7) is 3.49. The van der Waals surface area contributed by atoms with E-state index in [1.165, 1.54) is 37.5 Å². The van der Waals surface area contributed by atoms with Crippen LogP contribution < -0.4 is 9.04 Å². The summed E-state index contributed by atoms with van der Waals surface area (Å²) in [4.78, 5) is -0.237. The molecule has 8 heteroatoms. The third-order valence-electron chi connectivity index (χ3n) is 3.18. The number of methoxy groups -OCH3 is 1. The molecule has 0 N–H and O–H groups in total. The average Bonchev–Trinajstić information content (AvgIpc) is 2.54. The van der Waals surface area contributed by atoms with Gasteiger partial charge >= 0.3 is 0 Å². The molecule has 0 atom stereocenters. The Kier molecular flexibility index (Phi) is 5.74. The molecule has 128 valence electrons. The Balaban J connectivity index is 2.59. The molecule has 0 saturated heterocycles. The van der Waals surface area contributed by atoms with Crippen LogP contribution in [-0.2, 0) is 10.0 Å². The van der Waals surface area contributed by atoms with Crippen molar-refractivity contribution in [3.63, 3.8) is 0 Å². The molecule has 24 heavy (non-hydrogen) atoms. The fraction of sp³-hybridized carbons (Fsp3) is 0.125. The number of nitrogens with zero attached hydrogens (tertiary/aromatic N) is 1. The third kappa shape index (κ3) is 3.66. The first-order valence-corrected chi connectivity index (χ1v) is 8.93. The molecular formula is C16H14Cl2FNO3S. The molecule has 0 aromatic heterocycles. The van der Waals surface area contributed by atoms with Gasteiger partial charge in [-0.1, -0.05) is 29.3 Å². The van der Waals surface area contributed by atoms with Crippen LogP contribution in [0.4, 0.5) is 10.1 Å². The maximum atomic E-state index is 13.9. The minimum Gasteiger partial charge on any atom is -0.494 e. The van der Waals surface area contributed by atoms with Crippen molar-refractivity contribution in [1.82, 2.24) is 0 Å². The van der Waals surface area contributed by atoms with Gasteiger partial charge in [0.05, 0.1) is 29.3 Å². The molecule has 0 aliphatic rings. The van der Waals surface area contributed by atoms with Crippen LogP contribution in [-0.4, -0.2) is 22.1 Å². The van der Waals surface area contributed by atoms with Gasteiger partial charge in [0.25, 0.3) is 10.0 Å². The maximum Gasteiger partial charge on any atom is 0.264 e. The number of halogens is 3. The number of sulfonamides is 1. The van der Waals surface area contributed by atoms with Gasteiger partial charge in [-0.05, 0) is 36.4 Å². The van der Waals surface area contributed by atoms with Crippen molar-refractivity contribution in [3.05, 3.63) is 64.9 Å². The van der Waals surface area contributed by atoms with Gasteiger partial charge in [0.2, 0.25) is 0 Å². The van der Waals surface area contributed by atoms with Gasteiger partial charge in [-0.15, -0.1) is 6.58 Å². The van der Waals surface area contributed by atoms with Crippen molar-refractivity contribution >= 4 is 38.9 Å². The van der Waals surface area contributed by atoms with Crippen LogP contribution in [0.3, 0.4) is 0 Å². The Morgan fingerprint density at radius 3 is 2.54 bits per heavy atom.